The number of benzene rings is 2. The lowest BCUT2D eigenvalue weighted by atomic mass is 10.0. The van der Waals surface area contributed by atoms with Gasteiger partial charge in [-0.2, -0.15) is 0 Å². The fourth-order valence-corrected chi connectivity index (χ4v) is 2.53. The summed E-state index contributed by atoms with van der Waals surface area (Å²) in [4.78, 5) is 2.43. The van der Waals surface area contributed by atoms with E-state index in [0.717, 1.165) is 30.6 Å². The highest BCUT2D eigenvalue weighted by Crippen LogP contribution is 2.25. The van der Waals surface area contributed by atoms with Gasteiger partial charge in [0.15, 0.2) is 0 Å². The molecule has 2 aromatic rings. The summed E-state index contributed by atoms with van der Waals surface area (Å²) in [7, 11) is 0. The Labute approximate surface area is 114 Å². The van der Waals surface area contributed by atoms with Crippen LogP contribution in [0.4, 0.5) is 5.69 Å². The first-order valence-corrected chi connectivity index (χ1v) is 6.82. The number of hydrogen-bond donors (Lipinski definition) is 0. The maximum Gasteiger partial charge on any atom is 0.0528 e. The Morgan fingerprint density at radius 2 is 1.63 bits per heavy atom. The molecule has 1 aliphatic rings. The Hall–Kier alpha value is -2.20. The third-order valence-electron chi connectivity index (χ3n) is 3.45. The summed E-state index contributed by atoms with van der Waals surface area (Å²) >= 11 is 0. The van der Waals surface area contributed by atoms with Crippen LogP contribution in [0.5, 0.6) is 0 Å². The summed E-state index contributed by atoms with van der Waals surface area (Å²) in [5, 5.41) is 0. The Bertz CT molecular complexity index is 646. The van der Waals surface area contributed by atoms with Crippen molar-refractivity contribution >= 4 is 5.69 Å². The molecule has 0 aliphatic carbocycles. The van der Waals surface area contributed by atoms with E-state index < -0.39 is 0 Å². The van der Waals surface area contributed by atoms with E-state index in [-0.39, 0.29) is 0 Å². The minimum atomic E-state index is 0.940. The van der Waals surface area contributed by atoms with Gasteiger partial charge in [-0.05, 0) is 30.2 Å². The van der Waals surface area contributed by atoms with Crippen molar-refractivity contribution in [1.29, 1.82) is 0 Å². The highest BCUT2D eigenvalue weighted by atomic mass is 15.1. The summed E-state index contributed by atoms with van der Waals surface area (Å²) in [6.45, 7) is 4.22. The first-order valence-electron chi connectivity index (χ1n) is 6.82. The van der Waals surface area contributed by atoms with Gasteiger partial charge in [-0.3, -0.25) is 0 Å². The van der Waals surface area contributed by atoms with E-state index in [2.05, 4.69) is 72.2 Å². The molecule has 2 aromatic carbocycles. The molecule has 3 rings (SSSR count). The van der Waals surface area contributed by atoms with Crippen LogP contribution in [0.25, 0.3) is 0 Å². The smallest absolute Gasteiger partial charge is 0.0528 e. The van der Waals surface area contributed by atoms with Crippen molar-refractivity contribution in [3.63, 3.8) is 0 Å². The van der Waals surface area contributed by atoms with Gasteiger partial charge < -0.3 is 4.90 Å². The predicted octanol–water partition coefficient (Wildman–Crippen LogP) is 3.82. The Kier molecular flexibility index (Phi) is 3.25. The number of rotatable bonds is 2. The largest absolute Gasteiger partial charge is 0.366 e. The lowest BCUT2D eigenvalue weighted by Gasteiger charge is -2.27. The molecule has 1 aliphatic heterocycles. The maximum absolute atomic E-state index is 3.32. The SMILES string of the molecule is CCCN1Cc2ccccc2C#Cc2ccccc21. The van der Waals surface area contributed by atoms with E-state index in [9.17, 15) is 0 Å². The van der Waals surface area contributed by atoms with Crippen molar-refractivity contribution in [1.82, 2.24) is 0 Å². The van der Waals surface area contributed by atoms with E-state index in [1.54, 1.807) is 0 Å². The zero-order valence-electron chi connectivity index (χ0n) is 11.2. The van der Waals surface area contributed by atoms with Gasteiger partial charge in [0.05, 0.1) is 5.69 Å². The van der Waals surface area contributed by atoms with Crippen molar-refractivity contribution in [2.75, 3.05) is 11.4 Å². The molecule has 19 heavy (non-hydrogen) atoms. The zero-order valence-corrected chi connectivity index (χ0v) is 11.2. The summed E-state index contributed by atoms with van der Waals surface area (Å²) < 4.78 is 0. The quantitative estimate of drug-likeness (QED) is 0.729. The van der Waals surface area contributed by atoms with Crippen LogP contribution in [0, 0.1) is 11.8 Å². The first-order chi connectivity index (χ1) is 9.38. The molecule has 0 amide bonds. The molecule has 94 valence electrons. The summed E-state index contributed by atoms with van der Waals surface area (Å²) in [5.41, 5.74) is 4.85. The van der Waals surface area contributed by atoms with Crippen LogP contribution >= 0.6 is 0 Å². The molecule has 1 nitrogen and oxygen atoms in total. The predicted molar refractivity (Wildman–Crippen MR) is 80.2 cm³/mol. The Balaban J connectivity index is 2.14. The summed E-state index contributed by atoms with van der Waals surface area (Å²) in [5.74, 6) is 6.63. The number of nitrogens with zero attached hydrogens (tertiary/aromatic N) is 1. The standard InChI is InChI=1S/C18H17N/c1-2-13-19-14-17-9-4-3-7-15(17)11-12-16-8-5-6-10-18(16)19/h3-10H,2,13-14H2,1H3. The van der Waals surface area contributed by atoms with Gasteiger partial charge in [0.2, 0.25) is 0 Å². The highest BCUT2D eigenvalue weighted by molar-refractivity contribution is 5.64. The molecule has 0 saturated carbocycles. The van der Waals surface area contributed by atoms with E-state index in [0.29, 0.717) is 0 Å². The summed E-state index contributed by atoms with van der Waals surface area (Å²) in [6, 6.07) is 16.9. The molecule has 0 bridgehead atoms. The molecule has 0 fully saturated rings. The normalized spacial score (nSPS) is 12.6. The van der Waals surface area contributed by atoms with Crippen molar-refractivity contribution in [2.24, 2.45) is 0 Å². The van der Waals surface area contributed by atoms with Crippen LogP contribution in [-0.4, -0.2) is 6.54 Å². The molecule has 1 heteroatoms. The fourth-order valence-electron chi connectivity index (χ4n) is 2.53. The van der Waals surface area contributed by atoms with Gasteiger partial charge in [-0.25, -0.2) is 0 Å². The molecule has 0 spiro atoms. The molecule has 0 radical (unpaired) electrons. The summed E-state index contributed by atoms with van der Waals surface area (Å²) in [6.07, 6.45) is 1.14. The molecule has 0 aromatic heterocycles. The van der Waals surface area contributed by atoms with Gasteiger partial charge in [0.1, 0.15) is 0 Å². The second-order valence-electron chi connectivity index (χ2n) is 4.85. The van der Waals surface area contributed by atoms with Crippen molar-refractivity contribution < 1.29 is 0 Å². The van der Waals surface area contributed by atoms with Gasteiger partial charge >= 0.3 is 0 Å². The Morgan fingerprint density at radius 1 is 0.947 bits per heavy atom. The molecule has 0 saturated heterocycles. The number of anilines is 1. The van der Waals surface area contributed by atoms with Crippen LogP contribution < -0.4 is 4.90 Å². The Morgan fingerprint density at radius 3 is 2.47 bits per heavy atom. The van der Waals surface area contributed by atoms with Gasteiger partial charge in [0, 0.05) is 24.2 Å². The number of fused-ring (bicyclic) bond motifs is 2. The molecule has 0 N–H and O–H groups in total. The van der Waals surface area contributed by atoms with Gasteiger partial charge in [-0.15, -0.1) is 0 Å². The van der Waals surface area contributed by atoms with Gasteiger partial charge in [-0.1, -0.05) is 49.1 Å². The van der Waals surface area contributed by atoms with E-state index in [1.807, 2.05) is 0 Å². The maximum atomic E-state index is 3.32. The second kappa shape index (κ2) is 5.20. The van der Waals surface area contributed by atoms with Crippen molar-refractivity contribution in [2.45, 2.75) is 19.9 Å². The second-order valence-corrected chi connectivity index (χ2v) is 4.85. The van der Waals surface area contributed by atoms with E-state index >= 15 is 0 Å². The van der Waals surface area contributed by atoms with Crippen LogP contribution in [0.1, 0.15) is 30.0 Å². The molecular weight excluding hydrogens is 230 g/mol. The third-order valence-corrected chi connectivity index (χ3v) is 3.45. The number of para-hydroxylation sites is 1. The average molecular weight is 247 g/mol. The van der Waals surface area contributed by atoms with Crippen LogP contribution in [0.15, 0.2) is 48.5 Å². The minimum absolute atomic E-state index is 0.940. The van der Waals surface area contributed by atoms with Crippen molar-refractivity contribution in [3.8, 4) is 11.8 Å². The van der Waals surface area contributed by atoms with Gasteiger partial charge in [0.25, 0.3) is 0 Å². The lowest BCUT2D eigenvalue weighted by molar-refractivity contribution is 0.765. The fraction of sp³-hybridized carbons (Fsp3) is 0.222. The monoisotopic (exact) mass is 247 g/mol. The molecular formula is C18H17N. The molecule has 1 heterocycles. The number of hydrogen-bond acceptors (Lipinski definition) is 1. The van der Waals surface area contributed by atoms with Crippen LogP contribution in [0.2, 0.25) is 0 Å². The first kappa shape index (κ1) is 11.9. The zero-order chi connectivity index (χ0) is 13.1. The topological polar surface area (TPSA) is 3.24 Å². The van der Waals surface area contributed by atoms with E-state index in [1.165, 1.54) is 11.3 Å². The highest BCUT2D eigenvalue weighted by Gasteiger charge is 2.13. The minimum Gasteiger partial charge on any atom is -0.366 e. The van der Waals surface area contributed by atoms with Crippen LogP contribution in [0.3, 0.4) is 0 Å². The molecule has 0 unspecified atom stereocenters. The van der Waals surface area contributed by atoms with E-state index in [4.69, 9.17) is 0 Å². The van der Waals surface area contributed by atoms with Crippen LogP contribution in [-0.2, 0) is 6.54 Å². The lowest BCUT2D eigenvalue weighted by Crippen LogP contribution is -2.25. The average Bonchev–Trinajstić information content (AvgIpc) is 2.44. The van der Waals surface area contributed by atoms with Crippen molar-refractivity contribution in [3.05, 3.63) is 65.2 Å². The molecule has 0 atom stereocenters. The third kappa shape index (κ3) is 2.35.